The largest absolute Gasteiger partial charge is 0.352 e. The second-order valence-corrected chi connectivity index (χ2v) is 6.91. The van der Waals surface area contributed by atoms with Gasteiger partial charge in [0.05, 0.1) is 11.4 Å². The van der Waals surface area contributed by atoms with E-state index in [1.807, 2.05) is 6.92 Å². The summed E-state index contributed by atoms with van der Waals surface area (Å²) < 4.78 is 25.5. The fourth-order valence-electron chi connectivity index (χ4n) is 2.22. The van der Waals surface area contributed by atoms with Gasteiger partial charge >= 0.3 is 0 Å². The molecule has 1 aromatic rings. The molecule has 1 aliphatic rings. The predicted octanol–water partition coefficient (Wildman–Crippen LogP) is 1.76. The first-order chi connectivity index (χ1) is 9.54. The fourth-order valence-corrected chi connectivity index (χ4v) is 3.85. The first-order valence-electron chi connectivity index (χ1n) is 6.93. The third kappa shape index (κ3) is 3.30. The number of hydrogen-bond acceptors (Lipinski definition) is 3. The average molecular weight is 296 g/mol. The molecule has 5 nitrogen and oxygen atoms in total. The first kappa shape index (κ1) is 14.8. The molecule has 0 saturated carbocycles. The van der Waals surface area contributed by atoms with Gasteiger partial charge in [-0.2, -0.15) is 0 Å². The zero-order valence-electron chi connectivity index (χ0n) is 11.6. The van der Waals surface area contributed by atoms with E-state index in [1.165, 1.54) is 4.31 Å². The number of rotatable bonds is 4. The molecule has 1 N–H and O–H groups in total. The van der Waals surface area contributed by atoms with E-state index in [9.17, 15) is 13.2 Å². The summed E-state index contributed by atoms with van der Waals surface area (Å²) in [5.74, 6) is 0.0160. The van der Waals surface area contributed by atoms with E-state index < -0.39 is 10.0 Å². The molecule has 1 fully saturated rings. The number of carbonyl (C=O) groups is 1. The van der Waals surface area contributed by atoms with Gasteiger partial charge in [-0.3, -0.25) is 9.10 Å². The second kappa shape index (κ2) is 6.26. The molecule has 110 valence electrons. The molecule has 0 aliphatic carbocycles. The Labute approximate surface area is 120 Å². The molecule has 0 unspecified atom stereocenters. The smallest absolute Gasteiger partial charge is 0.251 e. The molecule has 0 spiro atoms. The lowest BCUT2D eigenvalue weighted by Crippen LogP contribution is -2.38. The lowest BCUT2D eigenvalue weighted by Gasteiger charge is -2.28. The third-order valence-electron chi connectivity index (χ3n) is 3.28. The summed E-state index contributed by atoms with van der Waals surface area (Å²) >= 11 is 0. The zero-order valence-corrected chi connectivity index (χ0v) is 12.4. The molecule has 0 atom stereocenters. The van der Waals surface area contributed by atoms with E-state index in [0.29, 0.717) is 30.8 Å². The van der Waals surface area contributed by atoms with Crippen LogP contribution in [0.2, 0.25) is 0 Å². The van der Waals surface area contributed by atoms with Gasteiger partial charge < -0.3 is 5.32 Å². The van der Waals surface area contributed by atoms with Gasteiger partial charge in [0.15, 0.2) is 0 Å². The van der Waals surface area contributed by atoms with Gasteiger partial charge in [0.1, 0.15) is 0 Å². The maximum absolute atomic E-state index is 12.1. The Morgan fingerprint density at radius 3 is 2.85 bits per heavy atom. The van der Waals surface area contributed by atoms with Crippen molar-refractivity contribution in [2.45, 2.75) is 26.2 Å². The molecule has 0 bridgehead atoms. The lowest BCUT2D eigenvalue weighted by atomic mass is 10.2. The molecule has 1 aliphatic heterocycles. The van der Waals surface area contributed by atoms with Gasteiger partial charge in [-0.1, -0.05) is 13.0 Å². The van der Waals surface area contributed by atoms with Crippen molar-refractivity contribution in [1.29, 1.82) is 0 Å². The number of carbonyl (C=O) groups excluding carboxylic acids is 1. The van der Waals surface area contributed by atoms with Crippen LogP contribution in [0.15, 0.2) is 24.3 Å². The van der Waals surface area contributed by atoms with E-state index >= 15 is 0 Å². The third-order valence-corrected chi connectivity index (χ3v) is 5.15. The maximum Gasteiger partial charge on any atom is 0.251 e. The molecule has 20 heavy (non-hydrogen) atoms. The highest BCUT2D eigenvalue weighted by Gasteiger charge is 2.26. The number of nitrogens with zero attached hydrogens (tertiary/aromatic N) is 1. The number of sulfonamides is 1. The van der Waals surface area contributed by atoms with Crippen LogP contribution in [0, 0.1) is 0 Å². The van der Waals surface area contributed by atoms with E-state index in [0.717, 1.165) is 12.8 Å². The Morgan fingerprint density at radius 1 is 1.35 bits per heavy atom. The SMILES string of the molecule is CCCNC(=O)c1cccc(N2CCCCS2(=O)=O)c1. The van der Waals surface area contributed by atoms with Crippen molar-refractivity contribution < 1.29 is 13.2 Å². The number of hydrogen-bond donors (Lipinski definition) is 1. The molecular formula is C14H20N2O3S. The Hall–Kier alpha value is -1.56. The molecule has 6 heteroatoms. The summed E-state index contributed by atoms with van der Waals surface area (Å²) in [7, 11) is -3.23. The average Bonchev–Trinajstić information content (AvgIpc) is 2.44. The van der Waals surface area contributed by atoms with Gasteiger partial charge in [0, 0.05) is 18.7 Å². The summed E-state index contributed by atoms with van der Waals surface area (Å²) in [4.78, 5) is 11.9. The molecule has 1 aromatic carbocycles. The van der Waals surface area contributed by atoms with Crippen molar-refractivity contribution in [3.8, 4) is 0 Å². The quantitative estimate of drug-likeness (QED) is 0.920. The predicted molar refractivity (Wildman–Crippen MR) is 79.4 cm³/mol. The number of benzene rings is 1. The summed E-state index contributed by atoms with van der Waals surface area (Å²) in [6.07, 6.45) is 2.42. The van der Waals surface area contributed by atoms with Crippen molar-refractivity contribution in [2.24, 2.45) is 0 Å². The van der Waals surface area contributed by atoms with E-state index in [4.69, 9.17) is 0 Å². The van der Waals surface area contributed by atoms with Crippen molar-refractivity contribution >= 4 is 21.6 Å². The molecule has 0 radical (unpaired) electrons. The van der Waals surface area contributed by atoms with E-state index in [1.54, 1.807) is 24.3 Å². The van der Waals surface area contributed by atoms with E-state index in [2.05, 4.69) is 5.32 Å². The minimum absolute atomic E-state index is 0.164. The van der Waals surface area contributed by atoms with Gasteiger partial charge in [-0.15, -0.1) is 0 Å². The normalized spacial score (nSPS) is 17.8. The molecule has 0 aromatic heterocycles. The van der Waals surface area contributed by atoms with Crippen molar-refractivity contribution in [3.05, 3.63) is 29.8 Å². The van der Waals surface area contributed by atoms with Crippen LogP contribution < -0.4 is 9.62 Å². The molecule has 1 heterocycles. The van der Waals surface area contributed by atoms with Gasteiger partial charge in [-0.25, -0.2) is 8.42 Å². The van der Waals surface area contributed by atoms with Crippen LogP contribution in [0.1, 0.15) is 36.5 Å². The number of nitrogens with one attached hydrogen (secondary N) is 1. The highest BCUT2D eigenvalue weighted by molar-refractivity contribution is 7.92. The maximum atomic E-state index is 12.1. The Bertz CT molecular complexity index is 584. The van der Waals surface area contributed by atoms with Crippen LogP contribution >= 0.6 is 0 Å². The van der Waals surface area contributed by atoms with Crippen molar-refractivity contribution in [3.63, 3.8) is 0 Å². The summed E-state index contributed by atoms with van der Waals surface area (Å²) in [6.45, 7) is 3.09. The molecule has 1 amide bonds. The fraction of sp³-hybridized carbons (Fsp3) is 0.500. The second-order valence-electron chi connectivity index (χ2n) is 4.90. The Morgan fingerprint density at radius 2 is 2.15 bits per heavy atom. The number of amides is 1. The monoisotopic (exact) mass is 296 g/mol. The van der Waals surface area contributed by atoms with Crippen LogP contribution in [-0.2, 0) is 10.0 Å². The van der Waals surface area contributed by atoms with Crippen molar-refractivity contribution in [2.75, 3.05) is 23.1 Å². The standard InChI is InChI=1S/C14H20N2O3S/c1-2-8-15-14(17)12-6-5-7-13(11-12)16-9-3-4-10-20(16,18)19/h5-7,11H,2-4,8-10H2,1H3,(H,15,17). The van der Waals surface area contributed by atoms with Gasteiger partial charge in [0.2, 0.25) is 10.0 Å². The molecule has 1 saturated heterocycles. The Kier molecular flexibility index (Phi) is 4.65. The highest BCUT2D eigenvalue weighted by Crippen LogP contribution is 2.24. The minimum Gasteiger partial charge on any atom is -0.352 e. The molecular weight excluding hydrogens is 276 g/mol. The van der Waals surface area contributed by atoms with Gasteiger partial charge in [-0.05, 0) is 37.5 Å². The summed E-state index contributed by atoms with van der Waals surface area (Å²) in [5.41, 5.74) is 1.07. The minimum atomic E-state index is -3.23. The highest BCUT2D eigenvalue weighted by atomic mass is 32.2. The topological polar surface area (TPSA) is 66.5 Å². The van der Waals surface area contributed by atoms with Crippen molar-refractivity contribution in [1.82, 2.24) is 5.32 Å². The van der Waals surface area contributed by atoms with Crippen LogP contribution in [-0.4, -0.2) is 33.2 Å². The summed E-state index contributed by atoms with van der Waals surface area (Å²) in [6, 6.07) is 6.80. The van der Waals surface area contributed by atoms with E-state index in [-0.39, 0.29) is 11.7 Å². The van der Waals surface area contributed by atoms with Crippen LogP contribution in [0.3, 0.4) is 0 Å². The van der Waals surface area contributed by atoms with Gasteiger partial charge in [0.25, 0.3) is 5.91 Å². The van der Waals surface area contributed by atoms with Crippen LogP contribution in [0.5, 0.6) is 0 Å². The Balaban J connectivity index is 2.23. The van der Waals surface area contributed by atoms with Crippen LogP contribution in [0.4, 0.5) is 5.69 Å². The first-order valence-corrected chi connectivity index (χ1v) is 8.54. The number of anilines is 1. The summed E-state index contributed by atoms with van der Waals surface area (Å²) in [5, 5.41) is 2.79. The lowest BCUT2D eigenvalue weighted by molar-refractivity contribution is 0.0953. The van der Waals surface area contributed by atoms with Crippen LogP contribution in [0.25, 0.3) is 0 Å². The zero-order chi connectivity index (χ0) is 14.6. The molecule has 2 rings (SSSR count).